The number of anilines is 1. The molecule has 0 aliphatic rings. The van der Waals surface area contributed by atoms with E-state index in [1.54, 1.807) is 13.1 Å². The van der Waals surface area contributed by atoms with Crippen molar-refractivity contribution in [1.29, 1.82) is 0 Å². The van der Waals surface area contributed by atoms with Gasteiger partial charge < -0.3 is 14.8 Å². The molecule has 0 saturated heterocycles. The van der Waals surface area contributed by atoms with Crippen LogP contribution in [0.15, 0.2) is 46.9 Å². The summed E-state index contributed by atoms with van der Waals surface area (Å²) < 4.78 is 11.4. The Morgan fingerprint density at radius 3 is 2.57 bits per heavy atom. The van der Waals surface area contributed by atoms with Crippen molar-refractivity contribution in [3.8, 4) is 5.75 Å². The van der Waals surface area contributed by atoms with Gasteiger partial charge in [-0.15, -0.1) is 0 Å². The molecule has 0 aliphatic carbocycles. The van der Waals surface area contributed by atoms with E-state index in [1.165, 1.54) is 7.11 Å². The molecule has 0 atom stereocenters. The SMILES string of the molecule is CNc1c(OCc2ccccc2)cc(Br)cc1C(=O)OC. The van der Waals surface area contributed by atoms with Crippen LogP contribution >= 0.6 is 15.9 Å². The summed E-state index contributed by atoms with van der Waals surface area (Å²) in [6.45, 7) is 0.423. The summed E-state index contributed by atoms with van der Waals surface area (Å²) in [5.41, 5.74) is 2.09. The van der Waals surface area contributed by atoms with Gasteiger partial charge in [-0.05, 0) is 17.7 Å². The predicted molar refractivity (Wildman–Crippen MR) is 85.8 cm³/mol. The zero-order valence-electron chi connectivity index (χ0n) is 11.9. The second-order valence-electron chi connectivity index (χ2n) is 4.34. The first-order valence-electron chi connectivity index (χ1n) is 6.42. The minimum absolute atomic E-state index is 0.412. The third-order valence-electron chi connectivity index (χ3n) is 2.96. The highest BCUT2D eigenvalue weighted by Gasteiger charge is 2.17. The van der Waals surface area contributed by atoms with E-state index >= 15 is 0 Å². The molecule has 21 heavy (non-hydrogen) atoms. The zero-order chi connectivity index (χ0) is 15.2. The molecule has 0 spiro atoms. The molecule has 0 aliphatic heterocycles. The summed E-state index contributed by atoms with van der Waals surface area (Å²) in [6, 6.07) is 13.4. The summed E-state index contributed by atoms with van der Waals surface area (Å²) in [6.07, 6.45) is 0. The second-order valence-corrected chi connectivity index (χ2v) is 5.26. The summed E-state index contributed by atoms with van der Waals surface area (Å²) >= 11 is 3.38. The van der Waals surface area contributed by atoms with Crippen molar-refractivity contribution in [3.63, 3.8) is 0 Å². The topological polar surface area (TPSA) is 47.6 Å². The first-order chi connectivity index (χ1) is 10.2. The third kappa shape index (κ3) is 3.76. The molecule has 0 unspecified atom stereocenters. The molecule has 4 nitrogen and oxygen atoms in total. The lowest BCUT2D eigenvalue weighted by Gasteiger charge is -2.15. The number of ether oxygens (including phenoxy) is 2. The fourth-order valence-electron chi connectivity index (χ4n) is 1.96. The minimum Gasteiger partial charge on any atom is -0.487 e. The van der Waals surface area contributed by atoms with Crippen molar-refractivity contribution < 1.29 is 14.3 Å². The van der Waals surface area contributed by atoms with Crippen LogP contribution in [0.2, 0.25) is 0 Å². The van der Waals surface area contributed by atoms with Gasteiger partial charge in [0.05, 0.1) is 18.4 Å². The first-order valence-corrected chi connectivity index (χ1v) is 7.21. The molecular formula is C16H16BrNO3. The molecule has 0 aromatic heterocycles. The van der Waals surface area contributed by atoms with E-state index in [2.05, 4.69) is 21.2 Å². The van der Waals surface area contributed by atoms with E-state index in [0.29, 0.717) is 23.6 Å². The number of methoxy groups -OCH3 is 1. The molecule has 5 heteroatoms. The molecule has 2 rings (SSSR count). The van der Waals surface area contributed by atoms with Crippen LogP contribution < -0.4 is 10.1 Å². The van der Waals surface area contributed by atoms with Crippen molar-refractivity contribution >= 4 is 27.6 Å². The summed E-state index contributed by atoms with van der Waals surface area (Å²) in [5, 5.41) is 3.00. The van der Waals surface area contributed by atoms with Crippen molar-refractivity contribution in [2.45, 2.75) is 6.61 Å². The average Bonchev–Trinajstić information content (AvgIpc) is 2.52. The van der Waals surface area contributed by atoms with E-state index in [-0.39, 0.29) is 0 Å². The van der Waals surface area contributed by atoms with E-state index in [0.717, 1.165) is 10.0 Å². The smallest absolute Gasteiger partial charge is 0.340 e. The van der Waals surface area contributed by atoms with Crippen molar-refractivity contribution in [2.24, 2.45) is 0 Å². The number of nitrogens with one attached hydrogen (secondary N) is 1. The first kappa shape index (κ1) is 15.4. The fourth-order valence-corrected chi connectivity index (χ4v) is 2.40. The normalized spacial score (nSPS) is 10.0. The molecule has 0 heterocycles. The summed E-state index contributed by atoms with van der Waals surface area (Å²) in [7, 11) is 3.10. The van der Waals surface area contributed by atoms with Gasteiger partial charge in [-0.1, -0.05) is 46.3 Å². The predicted octanol–water partition coefficient (Wildman–Crippen LogP) is 3.86. The van der Waals surface area contributed by atoms with Gasteiger partial charge in [-0.2, -0.15) is 0 Å². The molecular weight excluding hydrogens is 334 g/mol. The maximum atomic E-state index is 11.8. The van der Waals surface area contributed by atoms with Crippen molar-refractivity contribution in [3.05, 3.63) is 58.1 Å². The lowest BCUT2D eigenvalue weighted by atomic mass is 10.1. The van der Waals surface area contributed by atoms with Crippen LogP contribution in [0.25, 0.3) is 0 Å². The Hall–Kier alpha value is -2.01. The Bertz CT molecular complexity index is 629. The zero-order valence-corrected chi connectivity index (χ0v) is 13.4. The van der Waals surface area contributed by atoms with Crippen molar-refractivity contribution in [1.82, 2.24) is 0 Å². The molecule has 0 fully saturated rings. The molecule has 110 valence electrons. The standard InChI is InChI=1S/C16H16BrNO3/c1-18-15-13(16(19)20-2)8-12(17)9-14(15)21-10-11-6-4-3-5-7-11/h3-9,18H,10H2,1-2H3. The van der Waals surface area contributed by atoms with E-state index < -0.39 is 5.97 Å². The summed E-state index contributed by atoms with van der Waals surface area (Å²) in [5.74, 6) is 0.182. The molecule has 1 N–H and O–H groups in total. The molecule has 0 saturated carbocycles. The fraction of sp³-hybridized carbons (Fsp3) is 0.188. The summed E-state index contributed by atoms with van der Waals surface area (Å²) in [4.78, 5) is 11.8. The highest BCUT2D eigenvalue weighted by atomic mass is 79.9. The highest BCUT2D eigenvalue weighted by molar-refractivity contribution is 9.10. The van der Waals surface area contributed by atoms with Gasteiger partial charge in [-0.25, -0.2) is 4.79 Å². The molecule has 0 radical (unpaired) electrons. The highest BCUT2D eigenvalue weighted by Crippen LogP contribution is 2.33. The maximum absolute atomic E-state index is 11.8. The Balaban J connectivity index is 2.30. The van der Waals surface area contributed by atoms with Crippen LogP contribution in [0, 0.1) is 0 Å². The number of hydrogen-bond acceptors (Lipinski definition) is 4. The molecule has 0 bridgehead atoms. The Morgan fingerprint density at radius 1 is 1.24 bits per heavy atom. The van der Waals surface area contributed by atoms with Crippen molar-refractivity contribution in [2.75, 3.05) is 19.5 Å². The molecule has 2 aromatic rings. The maximum Gasteiger partial charge on any atom is 0.340 e. The van der Waals surface area contributed by atoms with Crippen LogP contribution in [-0.2, 0) is 11.3 Å². The number of hydrogen-bond donors (Lipinski definition) is 1. The van der Waals surface area contributed by atoms with Crippen LogP contribution in [0.4, 0.5) is 5.69 Å². The Labute approximate surface area is 132 Å². The quantitative estimate of drug-likeness (QED) is 0.832. The van der Waals surface area contributed by atoms with Crippen LogP contribution in [0.3, 0.4) is 0 Å². The second kappa shape index (κ2) is 7.13. The number of esters is 1. The Morgan fingerprint density at radius 2 is 1.95 bits per heavy atom. The molecule has 2 aromatic carbocycles. The van der Waals surface area contributed by atoms with Crippen LogP contribution in [0.1, 0.15) is 15.9 Å². The lowest BCUT2D eigenvalue weighted by Crippen LogP contribution is -2.08. The van der Waals surface area contributed by atoms with E-state index in [1.807, 2.05) is 36.4 Å². The van der Waals surface area contributed by atoms with E-state index in [9.17, 15) is 4.79 Å². The van der Waals surface area contributed by atoms with Gasteiger partial charge in [0.1, 0.15) is 12.4 Å². The van der Waals surface area contributed by atoms with Gasteiger partial charge in [0.25, 0.3) is 0 Å². The van der Waals surface area contributed by atoms with Gasteiger partial charge in [0, 0.05) is 11.5 Å². The largest absolute Gasteiger partial charge is 0.487 e. The van der Waals surface area contributed by atoms with E-state index in [4.69, 9.17) is 9.47 Å². The minimum atomic E-state index is -0.412. The van der Waals surface area contributed by atoms with Gasteiger partial charge in [0.2, 0.25) is 0 Å². The molecule has 0 amide bonds. The number of rotatable bonds is 5. The lowest BCUT2D eigenvalue weighted by molar-refractivity contribution is 0.0601. The monoisotopic (exact) mass is 349 g/mol. The Kier molecular flexibility index (Phi) is 5.22. The third-order valence-corrected chi connectivity index (χ3v) is 3.42. The van der Waals surface area contributed by atoms with Gasteiger partial charge in [-0.3, -0.25) is 0 Å². The number of benzene rings is 2. The van der Waals surface area contributed by atoms with Gasteiger partial charge >= 0.3 is 5.97 Å². The number of carbonyl (C=O) groups is 1. The van der Waals surface area contributed by atoms with Crippen LogP contribution in [-0.4, -0.2) is 20.1 Å². The average molecular weight is 350 g/mol. The van der Waals surface area contributed by atoms with Gasteiger partial charge in [0.15, 0.2) is 0 Å². The van der Waals surface area contributed by atoms with Crippen LogP contribution in [0.5, 0.6) is 5.75 Å². The number of halogens is 1. The number of carbonyl (C=O) groups excluding carboxylic acids is 1.